The van der Waals surface area contributed by atoms with Crippen LogP contribution in [0, 0.1) is 0 Å². The smallest absolute Gasteiger partial charge is 0.161 e. The molecule has 10 aromatic rings. The zero-order valence-electron chi connectivity index (χ0n) is 30.1. The summed E-state index contributed by atoms with van der Waals surface area (Å²) in [4.78, 5) is 4.66. The molecule has 0 N–H and O–H groups in total. The maximum absolute atomic E-state index is 7.08. The first-order valence-corrected chi connectivity index (χ1v) is 18.7. The van der Waals surface area contributed by atoms with E-state index in [9.17, 15) is 0 Å². The summed E-state index contributed by atoms with van der Waals surface area (Å²) in [6.45, 7) is 0. The van der Waals surface area contributed by atoms with Crippen LogP contribution in [0.2, 0.25) is 0 Å². The van der Waals surface area contributed by atoms with Crippen LogP contribution in [0.1, 0.15) is 0 Å². The second kappa shape index (κ2) is 13.9. The minimum Gasteiger partial charge on any atom is -0.454 e. The van der Waals surface area contributed by atoms with Crippen molar-refractivity contribution in [1.29, 1.82) is 0 Å². The summed E-state index contributed by atoms with van der Waals surface area (Å²) < 4.78 is 7.08. The normalized spacial score (nSPS) is 11.3. The quantitative estimate of drug-likeness (QED) is 0.157. The molecule has 3 heteroatoms. The van der Waals surface area contributed by atoms with Gasteiger partial charge in [-0.2, -0.15) is 0 Å². The van der Waals surface area contributed by atoms with Gasteiger partial charge in [-0.05, 0) is 106 Å². The van der Waals surface area contributed by atoms with E-state index in [0.717, 1.165) is 61.4 Å². The lowest BCUT2D eigenvalue weighted by atomic mass is 10.0. The first-order chi connectivity index (χ1) is 27.3. The van der Waals surface area contributed by atoms with E-state index in [2.05, 4.69) is 228 Å². The van der Waals surface area contributed by atoms with Crippen LogP contribution in [0.3, 0.4) is 0 Å². The molecule has 0 unspecified atom stereocenters. The highest BCUT2D eigenvalue weighted by Crippen LogP contribution is 2.49. The SMILES string of the molecule is c1ccc(-c2ccc(N(c3ccccc3)c3ccc(N(c4ccccc4)c4ccc(-c5ccccc5)cc4)c4c3oc3cc5ccccc5cc34)cc2)cc1. The van der Waals surface area contributed by atoms with E-state index in [1.807, 2.05) is 0 Å². The molecule has 0 radical (unpaired) electrons. The molecular weight excluding hydrogens is 669 g/mol. The van der Waals surface area contributed by atoms with Gasteiger partial charge in [0.05, 0.1) is 16.8 Å². The minimum atomic E-state index is 0.820. The fourth-order valence-corrected chi connectivity index (χ4v) is 7.77. The van der Waals surface area contributed by atoms with Crippen LogP contribution in [0.15, 0.2) is 223 Å². The highest BCUT2D eigenvalue weighted by molar-refractivity contribution is 6.19. The number of benzene rings is 9. The fourth-order valence-electron chi connectivity index (χ4n) is 7.77. The van der Waals surface area contributed by atoms with Gasteiger partial charge >= 0.3 is 0 Å². The molecule has 10 rings (SSSR count). The molecule has 0 fully saturated rings. The minimum absolute atomic E-state index is 0.820. The van der Waals surface area contributed by atoms with Crippen molar-refractivity contribution in [3.05, 3.63) is 218 Å². The molecule has 0 saturated carbocycles. The van der Waals surface area contributed by atoms with Gasteiger partial charge in [0.25, 0.3) is 0 Å². The predicted octanol–water partition coefficient (Wildman–Crippen LogP) is 15.0. The number of anilines is 6. The van der Waals surface area contributed by atoms with E-state index in [0.29, 0.717) is 0 Å². The number of para-hydroxylation sites is 2. The summed E-state index contributed by atoms with van der Waals surface area (Å²) in [6.07, 6.45) is 0. The predicted molar refractivity (Wildman–Crippen MR) is 231 cm³/mol. The topological polar surface area (TPSA) is 19.6 Å². The van der Waals surface area contributed by atoms with Crippen LogP contribution < -0.4 is 9.80 Å². The molecule has 0 aliphatic rings. The molecule has 0 aliphatic carbocycles. The van der Waals surface area contributed by atoms with Crippen molar-refractivity contribution in [2.45, 2.75) is 0 Å². The first kappa shape index (κ1) is 32.3. The number of nitrogens with zero attached hydrogens (tertiary/aromatic N) is 2. The Morgan fingerprint density at radius 2 is 0.691 bits per heavy atom. The summed E-state index contributed by atoms with van der Waals surface area (Å²) in [6, 6.07) is 77.4. The van der Waals surface area contributed by atoms with Crippen molar-refractivity contribution in [3.63, 3.8) is 0 Å². The standard InChI is InChI=1S/C52H36N2O/c1-5-15-37(16-6-1)39-25-29-45(30-26-39)53(43-21-9-3-10-22-43)48-33-34-49(52-51(48)47-35-41-19-13-14-20-42(41)36-50(47)55-52)54(44-23-11-4-12-24-44)46-31-27-40(28-32-46)38-17-7-2-8-18-38/h1-36H. The third-order valence-corrected chi connectivity index (χ3v) is 10.4. The average molecular weight is 705 g/mol. The molecule has 3 nitrogen and oxygen atoms in total. The van der Waals surface area contributed by atoms with E-state index in [4.69, 9.17) is 4.42 Å². The first-order valence-electron chi connectivity index (χ1n) is 18.7. The third-order valence-electron chi connectivity index (χ3n) is 10.4. The Kier molecular flexibility index (Phi) is 8.16. The van der Waals surface area contributed by atoms with Crippen molar-refractivity contribution in [1.82, 2.24) is 0 Å². The number of hydrogen-bond donors (Lipinski definition) is 0. The van der Waals surface area contributed by atoms with Crippen LogP contribution >= 0.6 is 0 Å². The molecule has 0 aliphatic heterocycles. The number of rotatable bonds is 8. The second-order valence-corrected chi connectivity index (χ2v) is 13.8. The van der Waals surface area contributed by atoms with Gasteiger partial charge in [-0.1, -0.05) is 146 Å². The van der Waals surface area contributed by atoms with E-state index >= 15 is 0 Å². The van der Waals surface area contributed by atoms with Crippen LogP contribution in [-0.2, 0) is 0 Å². The summed E-state index contributed by atoms with van der Waals surface area (Å²) >= 11 is 0. The van der Waals surface area contributed by atoms with Crippen LogP contribution in [0.25, 0.3) is 55.0 Å². The van der Waals surface area contributed by atoms with Crippen molar-refractivity contribution in [2.75, 3.05) is 9.80 Å². The molecule has 0 bridgehead atoms. The Morgan fingerprint density at radius 3 is 1.20 bits per heavy atom. The summed E-state index contributed by atoms with van der Waals surface area (Å²) in [5.41, 5.74) is 12.6. The third kappa shape index (κ3) is 5.98. The summed E-state index contributed by atoms with van der Waals surface area (Å²) in [5, 5.41) is 4.44. The number of furan rings is 1. The molecule has 0 amide bonds. The summed E-state index contributed by atoms with van der Waals surface area (Å²) in [7, 11) is 0. The van der Waals surface area contributed by atoms with Gasteiger partial charge in [0.15, 0.2) is 5.58 Å². The van der Waals surface area contributed by atoms with Gasteiger partial charge in [0, 0.05) is 28.1 Å². The van der Waals surface area contributed by atoms with Crippen LogP contribution in [-0.4, -0.2) is 0 Å². The summed E-state index contributed by atoms with van der Waals surface area (Å²) in [5.74, 6) is 0. The maximum atomic E-state index is 7.08. The lowest BCUT2D eigenvalue weighted by molar-refractivity contribution is 0.669. The Morgan fingerprint density at radius 1 is 0.309 bits per heavy atom. The lowest BCUT2D eigenvalue weighted by Gasteiger charge is -2.29. The fraction of sp³-hybridized carbons (Fsp3) is 0. The molecule has 9 aromatic carbocycles. The molecule has 1 aromatic heterocycles. The molecule has 1 heterocycles. The zero-order chi connectivity index (χ0) is 36.6. The highest BCUT2D eigenvalue weighted by atomic mass is 16.3. The van der Waals surface area contributed by atoms with E-state index in [-0.39, 0.29) is 0 Å². The van der Waals surface area contributed by atoms with Gasteiger partial charge in [-0.3, -0.25) is 0 Å². The number of fused-ring (bicyclic) bond motifs is 4. The van der Waals surface area contributed by atoms with E-state index in [1.165, 1.54) is 27.6 Å². The van der Waals surface area contributed by atoms with Crippen molar-refractivity contribution in [3.8, 4) is 22.3 Å². The van der Waals surface area contributed by atoms with Crippen LogP contribution in [0.4, 0.5) is 34.1 Å². The van der Waals surface area contributed by atoms with Crippen molar-refractivity contribution < 1.29 is 4.42 Å². The highest BCUT2D eigenvalue weighted by Gasteiger charge is 2.25. The van der Waals surface area contributed by atoms with E-state index < -0.39 is 0 Å². The molecule has 0 atom stereocenters. The molecule has 55 heavy (non-hydrogen) atoms. The van der Waals surface area contributed by atoms with Gasteiger partial charge in [-0.15, -0.1) is 0 Å². The maximum Gasteiger partial charge on any atom is 0.161 e. The second-order valence-electron chi connectivity index (χ2n) is 13.8. The molecular formula is C52H36N2O. The molecule has 0 spiro atoms. The Bertz CT molecular complexity index is 2890. The molecule has 260 valence electrons. The average Bonchev–Trinajstić information content (AvgIpc) is 3.64. The van der Waals surface area contributed by atoms with Crippen molar-refractivity contribution in [2.24, 2.45) is 0 Å². The van der Waals surface area contributed by atoms with Gasteiger partial charge < -0.3 is 14.2 Å². The zero-order valence-corrected chi connectivity index (χ0v) is 30.1. The van der Waals surface area contributed by atoms with Gasteiger partial charge in [-0.25, -0.2) is 0 Å². The van der Waals surface area contributed by atoms with Crippen LogP contribution in [0.5, 0.6) is 0 Å². The molecule has 0 saturated heterocycles. The Hall–Kier alpha value is -7.36. The van der Waals surface area contributed by atoms with Gasteiger partial charge in [0.1, 0.15) is 5.58 Å². The largest absolute Gasteiger partial charge is 0.454 e. The van der Waals surface area contributed by atoms with Gasteiger partial charge in [0.2, 0.25) is 0 Å². The number of hydrogen-bond acceptors (Lipinski definition) is 3. The Labute approximate surface area is 320 Å². The monoisotopic (exact) mass is 704 g/mol. The Balaban J connectivity index is 1.22. The van der Waals surface area contributed by atoms with E-state index in [1.54, 1.807) is 0 Å². The van der Waals surface area contributed by atoms with Crippen molar-refractivity contribution >= 4 is 66.8 Å². The lowest BCUT2D eigenvalue weighted by Crippen LogP contribution is -2.13.